The topological polar surface area (TPSA) is 75.7 Å². The first-order valence-electron chi connectivity index (χ1n) is 7.44. The molecule has 2 aromatic rings. The molecular formula is C17H22BNO4. The van der Waals surface area contributed by atoms with Crippen molar-refractivity contribution in [2.75, 3.05) is 0 Å². The number of rotatable bonds is 6. The molecule has 0 fully saturated rings. The standard InChI is InChI=1S/C17H22BNO4/c1-16(2,20)17(3,4)23-18(21)14-8-5-13(6-9-14)7-10-15-11-19-12-22-15/h5-12,20-21H,1-4H3. The smallest absolute Gasteiger partial charge is 0.444 e. The van der Waals surface area contributed by atoms with Crippen molar-refractivity contribution < 1.29 is 19.2 Å². The van der Waals surface area contributed by atoms with Crippen LogP contribution >= 0.6 is 0 Å². The van der Waals surface area contributed by atoms with Gasteiger partial charge in [-0.2, -0.15) is 0 Å². The van der Waals surface area contributed by atoms with Gasteiger partial charge in [-0.05, 0) is 44.8 Å². The Hall–Kier alpha value is -1.89. The van der Waals surface area contributed by atoms with E-state index in [0.717, 1.165) is 5.56 Å². The molecule has 0 amide bonds. The van der Waals surface area contributed by atoms with Crippen molar-refractivity contribution in [1.29, 1.82) is 0 Å². The Bertz CT molecular complexity index is 642. The van der Waals surface area contributed by atoms with Crippen LogP contribution in [0.15, 0.2) is 41.3 Å². The molecule has 122 valence electrons. The molecule has 1 aromatic heterocycles. The molecule has 0 unspecified atom stereocenters. The summed E-state index contributed by atoms with van der Waals surface area (Å²) in [7, 11) is -1.11. The van der Waals surface area contributed by atoms with E-state index in [0.29, 0.717) is 11.2 Å². The number of hydrogen-bond donors (Lipinski definition) is 2. The van der Waals surface area contributed by atoms with Crippen LogP contribution in [0, 0.1) is 0 Å². The van der Waals surface area contributed by atoms with Crippen LogP contribution in [-0.4, -0.2) is 33.4 Å². The minimum atomic E-state index is -1.11. The number of aliphatic hydroxyl groups is 1. The van der Waals surface area contributed by atoms with Gasteiger partial charge in [-0.25, -0.2) is 4.98 Å². The van der Waals surface area contributed by atoms with Crippen molar-refractivity contribution in [3.8, 4) is 0 Å². The van der Waals surface area contributed by atoms with Gasteiger partial charge in [0, 0.05) is 0 Å². The minimum absolute atomic E-state index is 0.624. The molecule has 0 aliphatic rings. The molecule has 0 radical (unpaired) electrons. The van der Waals surface area contributed by atoms with Crippen LogP contribution in [0.3, 0.4) is 0 Å². The zero-order valence-electron chi connectivity index (χ0n) is 13.9. The summed E-state index contributed by atoms with van der Waals surface area (Å²) in [6.45, 7) is 6.78. The molecule has 2 N–H and O–H groups in total. The zero-order chi connectivity index (χ0) is 17.1. The maximum Gasteiger partial charge on any atom is 0.491 e. The molecule has 0 atom stereocenters. The summed E-state index contributed by atoms with van der Waals surface area (Å²) >= 11 is 0. The first-order chi connectivity index (χ1) is 10.7. The van der Waals surface area contributed by atoms with Gasteiger partial charge in [0.15, 0.2) is 6.39 Å². The molecule has 1 heterocycles. The summed E-state index contributed by atoms with van der Waals surface area (Å²) in [4.78, 5) is 3.84. The van der Waals surface area contributed by atoms with Crippen LogP contribution in [0.2, 0.25) is 0 Å². The third-order valence-corrected chi connectivity index (χ3v) is 3.99. The molecule has 6 heteroatoms. The van der Waals surface area contributed by atoms with Gasteiger partial charge in [-0.1, -0.05) is 30.3 Å². The SMILES string of the molecule is CC(C)(O)C(C)(C)OB(O)c1ccc(C=Cc2cnco2)cc1. The van der Waals surface area contributed by atoms with E-state index in [4.69, 9.17) is 9.07 Å². The highest BCUT2D eigenvalue weighted by atomic mass is 16.5. The molecule has 0 spiro atoms. The minimum Gasteiger partial charge on any atom is -0.444 e. The quantitative estimate of drug-likeness (QED) is 0.799. The lowest BCUT2D eigenvalue weighted by Gasteiger charge is -2.38. The number of aromatic nitrogens is 1. The van der Waals surface area contributed by atoms with Crippen molar-refractivity contribution in [2.24, 2.45) is 0 Å². The number of hydrogen-bond acceptors (Lipinski definition) is 5. The van der Waals surface area contributed by atoms with Gasteiger partial charge in [-0.15, -0.1) is 0 Å². The highest BCUT2D eigenvalue weighted by molar-refractivity contribution is 6.60. The maximum atomic E-state index is 10.2. The lowest BCUT2D eigenvalue weighted by molar-refractivity contribution is -0.0982. The van der Waals surface area contributed by atoms with E-state index in [1.807, 2.05) is 24.3 Å². The molecule has 0 saturated heterocycles. The third-order valence-electron chi connectivity index (χ3n) is 3.99. The van der Waals surface area contributed by atoms with E-state index in [1.165, 1.54) is 6.39 Å². The maximum absolute atomic E-state index is 10.2. The van der Waals surface area contributed by atoms with Crippen molar-refractivity contribution in [3.63, 3.8) is 0 Å². The third kappa shape index (κ3) is 4.54. The van der Waals surface area contributed by atoms with Gasteiger partial charge in [0.25, 0.3) is 0 Å². The fourth-order valence-electron chi connectivity index (χ4n) is 1.75. The van der Waals surface area contributed by atoms with Crippen molar-refractivity contribution in [2.45, 2.75) is 38.9 Å². The summed E-state index contributed by atoms with van der Waals surface area (Å²) in [5, 5.41) is 20.3. The van der Waals surface area contributed by atoms with Gasteiger partial charge in [0.2, 0.25) is 0 Å². The normalized spacial score (nSPS) is 12.8. The van der Waals surface area contributed by atoms with E-state index in [9.17, 15) is 10.1 Å². The van der Waals surface area contributed by atoms with E-state index >= 15 is 0 Å². The van der Waals surface area contributed by atoms with Crippen LogP contribution in [0.1, 0.15) is 39.0 Å². The van der Waals surface area contributed by atoms with Crippen molar-refractivity contribution >= 4 is 24.7 Å². The lowest BCUT2D eigenvalue weighted by Crippen LogP contribution is -2.53. The molecule has 0 saturated carbocycles. The highest BCUT2D eigenvalue weighted by Gasteiger charge is 2.39. The number of benzene rings is 1. The van der Waals surface area contributed by atoms with Crippen LogP contribution in [-0.2, 0) is 4.65 Å². The van der Waals surface area contributed by atoms with Crippen LogP contribution in [0.5, 0.6) is 0 Å². The molecule has 1 aromatic carbocycles. The summed E-state index contributed by atoms with van der Waals surface area (Å²) in [5.74, 6) is 0.671. The Balaban J connectivity index is 2.04. The summed E-state index contributed by atoms with van der Waals surface area (Å²) in [5.41, 5.74) is -0.386. The summed E-state index contributed by atoms with van der Waals surface area (Å²) in [6.07, 6.45) is 6.70. The van der Waals surface area contributed by atoms with Gasteiger partial charge in [0.1, 0.15) is 5.76 Å². The molecular weight excluding hydrogens is 293 g/mol. The van der Waals surface area contributed by atoms with Gasteiger partial charge < -0.3 is 19.2 Å². The number of nitrogens with zero attached hydrogens (tertiary/aromatic N) is 1. The van der Waals surface area contributed by atoms with Gasteiger partial charge in [0.05, 0.1) is 17.4 Å². The Morgan fingerprint density at radius 1 is 1.13 bits per heavy atom. The fraction of sp³-hybridized carbons (Fsp3) is 0.353. The zero-order valence-corrected chi connectivity index (χ0v) is 13.9. The van der Waals surface area contributed by atoms with Crippen LogP contribution in [0.4, 0.5) is 0 Å². The largest absolute Gasteiger partial charge is 0.491 e. The van der Waals surface area contributed by atoms with Crippen LogP contribution in [0.25, 0.3) is 12.2 Å². The summed E-state index contributed by atoms with van der Waals surface area (Å²) < 4.78 is 10.7. The predicted molar refractivity (Wildman–Crippen MR) is 90.9 cm³/mol. The van der Waals surface area contributed by atoms with E-state index in [2.05, 4.69) is 4.98 Å². The lowest BCUT2D eigenvalue weighted by atomic mass is 9.76. The molecule has 0 aliphatic heterocycles. The monoisotopic (exact) mass is 315 g/mol. The molecule has 5 nitrogen and oxygen atoms in total. The van der Waals surface area contributed by atoms with E-state index in [-0.39, 0.29) is 0 Å². The Morgan fingerprint density at radius 2 is 1.78 bits per heavy atom. The highest BCUT2D eigenvalue weighted by Crippen LogP contribution is 2.25. The average molecular weight is 315 g/mol. The number of oxazole rings is 1. The molecule has 0 bridgehead atoms. The van der Waals surface area contributed by atoms with Crippen LogP contribution < -0.4 is 5.46 Å². The second kappa shape index (κ2) is 6.70. The second-order valence-electron chi connectivity index (χ2n) is 6.44. The van der Waals surface area contributed by atoms with Crippen molar-refractivity contribution in [3.05, 3.63) is 48.2 Å². The van der Waals surface area contributed by atoms with Gasteiger partial charge >= 0.3 is 7.12 Å². The predicted octanol–water partition coefficient (Wildman–Crippen LogP) is 2.10. The Morgan fingerprint density at radius 3 is 2.30 bits per heavy atom. The molecule has 2 rings (SSSR count). The van der Waals surface area contributed by atoms with E-state index in [1.54, 1.807) is 46.0 Å². The fourth-order valence-corrected chi connectivity index (χ4v) is 1.75. The molecule has 0 aliphatic carbocycles. The second-order valence-corrected chi connectivity index (χ2v) is 6.44. The molecule has 23 heavy (non-hydrogen) atoms. The average Bonchev–Trinajstić information content (AvgIpc) is 2.97. The van der Waals surface area contributed by atoms with Gasteiger partial charge in [-0.3, -0.25) is 0 Å². The Labute approximate surface area is 136 Å². The first kappa shape index (κ1) is 17.5. The Kier molecular flexibility index (Phi) is 5.09. The van der Waals surface area contributed by atoms with Crippen molar-refractivity contribution in [1.82, 2.24) is 4.98 Å². The van der Waals surface area contributed by atoms with E-state index < -0.39 is 18.3 Å². The first-order valence-corrected chi connectivity index (χ1v) is 7.44. The summed E-state index contributed by atoms with van der Waals surface area (Å²) in [6, 6.07) is 7.30.